The summed E-state index contributed by atoms with van der Waals surface area (Å²) in [7, 11) is 1.74. The van der Waals surface area contributed by atoms with Crippen LogP contribution in [0.1, 0.15) is 5.56 Å². The number of hydrogen-bond acceptors (Lipinski definition) is 4. The van der Waals surface area contributed by atoms with E-state index in [0.717, 1.165) is 5.56 Å². The summed E-state index contributed by atoms with van der Waals surface area (Å²) in [5, 5.41) is 9.97. The first-order chi connectivity index (χ1) is 6.74. The molecule has 0 atom stereocenters. The number of nitrogens with two attached hydrogens (primary N) is 1. The number of aromatic amines is 1. The number of rotatable bonds is 2. The van der Waals surface area contributed by atoms with Gasteiger partial charge >= 0.3 is 5.69 Å². The Balaban J connectivity index is 2.66. The first-order valence-corrected chi connectivity index (χ1v) is 4.07. The standard InChI is InChI=1S/C7H10N6O/c1-12-6(5(2-8)3-10-12)13-4-9-11-7(13)14/h3-4H,2,8H2,1H3,(H,11,14). The van der Waals surface area contributed by atoms with Crippen molar-refractivity contribution in [3.05, 3.63) is 28.6 Å². The summed E-state index contributed by atoms with van der Waals surface area (Å²) in [5.41, 5.74) is 6.02. The molecular formula is C7H10N6O. The minimum atomic E-state index is -0.302. The van der Waals surface area contributed by atoms with Crippen molar-refractivity contribution >= 4 is 0 Å². The summed E-state index contributed by atoms with van der Waals surface area (Å²) in [5.74, 6) is 0.645. The van der Waals surface area contributed by atoms with E-state index in [1.165, 1.54) is 10.9 Å². The number of aryl methyl sites for hydroxylation is 1. The second kappa shape index (κ2) is 3.11. The van der Waals surface area contributed by atoms with Crippen LogP contribution in [0.2, 0.25) is 0 Å². The maximum absolute atomic E-state index is 11.3. The van der Waals surface area contributed by atoms with Crippen LogP contribution in [0.15, 0.2) is 17.3 Å². The highest BCUT2D eigenvalue weighted by molar-refractivity contribution is 5.32. The molecule has 3 N–H and O–H groups in total. The lowest BCUT2D eigenvalue weighted by molar-refractivity contribution is 0.718. The number of H-pyrrole nitrogens is 1. The van der Waals surface area contributed by atoms with Crippen molar-refractivity contribution < 1.29 is 0 Å². The largest absolute Gasteiger partial charge is 0.348 e. The second-order valence-electron chi connectivity index (χ2n) is 2.85. The number of nitrogens with zero attached hydrogens (tertiary/aromatic N) is 4. The van der Waals surface area contributed by atoms with Crippen LogP contribution in [0, 0.1) is 0 Å². The normalized spacial score (nSPS) is 10.7. The molecule has 0 saturated heterocycles. The molecule has 74 valence electrons. The molecule has 0 saturated carbocycles. The highest BCUT2D eigenvalue weighted by Gasteiger charge is 2.11. The van der Waals surface area contributed by atoms with Gasteiger partial charge in [-0.25, -0.2) is 14.5 Å². The number of hydrogen-bond donors (Lipinski definition) is 2. The Hall–Kier alpha value is -1.89. The molecule has 0 unspecified atom stereocenters. The third-order valence-corrected chi connectivity index (χ3v) is 1.98. The van der Waals surface area contributed by atoms with E-state index in [4.69, 9.17) is 5.73 Å². The minimum absolute atomic E-state index is 0.302. The zero-order valence-corrected chi connectivity index (χ0v) is 7.64. The van der Waals surface area contributed by atoms with Gasteiger partial charge in [-0.15, -0.1) is 0 Å². The van der Waals surface area contributed by atoms with Gasteiger partial charge in [-0.1, -0.05) is 0 Å². The predicted molar refractivity (Wildman–Crippen MR) is 48.8 cm³/mol. The molecule has 2 aromatic heterocycles. The Labute approximate surface area is 79.2 Å². The molecule has 0 aliphatic heterocycles. The first-order valence-electron chi connectivity index (χ1n) is 4.07. The summed E-state index contributed by atoms with van der Waals surface area (Å²) in [6, 6.07) is 0. The van der Waals surface area contributed by atoms with Gasteiger partial charge in [0.2, 0.25) is 0 Å². The Morgan fingerprint density at radius 3 is 3.00 bits per heavy atom. The SMILES string of the molecule is Cn1ncc(CN)c1-n1cn[nH]c1=O. The van der Waals surface area contributed by atoms with Gasteiger partial charge in [0.05, 0.1) is 6.20 Å². The van der Waals surface area contributed by atoms with Crippen LogP contribution in [0.25, 0.3) is 5.82 Å². The van der Waals surface area contributed by atoms with Crippen LogP contribution in [-0.2, 0) is 13.6 Å². The molecule has 0 fully saturated rings. The second-order valence-corrected chi connectivity index (χ2v) is 2.85. The van der Waals surface area contributed by atoms with Gasteiger partial charge in [0.25, 0.3) is 0 Å². The number of aromatic nitrogens is 5. The van der Waals surface area contributed by atoms with Crippen molar-refractivity contribution in [3.8, 4) is 5.82 Å². The third-order valence-electron chi connectivity index (χ3n) is 1.98. The maximum atomic E-state index is 11.3. The van der Waals surface area contributed by atoms with Crippen LogP contribution in [-0.4, -0.2) is 24.5 Å². The molecule has 0 radical (unpaired) electrons. The summed E-state index contributed by atoms with van der Waals surface area (Å²) >= 11 is 0. The average molecular weight is 194 g/mol. The highest BCUT2D eigenvalue weighted by Crippen LogP contribution is 2.09. The Bertz CT molecular complexity index is 492. The van der Waals surface area contributed by atoms with Crippen molar-refractivity contribution in [1.29, 1.82) is 0 Å². The molecule has 2 heterocycles. The Morgan fingerprint density at radius 1 is 1.64 bits per heavy atom. The van der Waals surface area contributed by atoms with Gasteiger partial charge in [-0.05, 0) is 0 Å². The van der Waals surface area contributed by atoms with Crippen molar-refractivity contribution in [2.45, 2.75) is 6.54 Å². The van der Waals surface area contributed by atoms with E-state index in [1.807, 2.05) is 0 Å². The van der Waals surface area contributed by atoms with E-state index in [9.17, 15) is 4.79 Å². The summed E-state index contributed by atoms with van der Waals surface area (Å²) < 4.78 is 2.95. The van der Waals surface area contributed by atoms with Crippen molar-refractivity contribution in [1.82, 2.24) is 24.5 Å². The van der Waals surface area contributed by atoms with Gasteiger partial charge in [0.1, 0.15) is 12.1 Å². The van der Waals surface area contributed by atoms with E-state index in [0.29, 0.717) is 12.4 Å². The van der Waals surface area contributed by atoms with Crippen LogP contribution in [0.4, 0.5) is 0 Å². The molecule has 7 heteroatoms. The van der Waals surface area contributed by atoms with E-state index in [1.54, 1.807) is 17.9 Å². The topological polar surface area (TPSA) is 94.5 Å². The molecule has 0 amide bonds. The lowest BCUT2D eigenvalue weighted by Crippen LogP contribution is -2.19. The van der Waals surface area contributed by atoms with Crippen LogP contribution < -0.4 is 11.4 Å². The molecule has 0 bridgehead atoms. The highest BCUT2D eigenvalue weighted by atomic mass is 16.1. The van der Waals surface area contributed by atoms with Crippen molar-refractivity contribution in [2.24, 2.45) is 12.8 Å². The molecule has 14 heavy (non-hydrogen) atoms. The van der Waals surface area contributed by atoms with Crippen LogP contribution in [0.3, 0.4) is 0 Å². The van der Waals surface area contributed by atoms with E-state index < -0.39 is 0 Å². The van der Waals surface area contributed by atoms with Gasteiger partial charge in [0, 0.05) is 19.2 Å². The van der Waals surface area contributed by atoms with Crippen LogP contribution >= 0.6 is 0 Å². The predicted octanol–water partition coefficient (Wildman–Crippen LogP) is -1.25. The Kier molecular flexibility index (Phi) is 1.93. The summed E-state index contributed by atoms with van der Waals surface area (Å²) in [6.07, 6.45) is 3.04. The first kappa shape index (κ1) is 8.70. The molecular weight excluding hydrogens is 184 g/mol. The maximum Gasteiger partial charge on any atom is 0.348 e. The quantitative estimate of drug-likeness (QED) is 0.624. The van der Waals surface area contributed by atoms with Crippen LogP contribution in [0.5, 0.6) is 0 Å². The van der Waals surface area contributed by atoms with E-state index >= 15 is 0 Å². The summed E-state index contributed by atoms with van der Waals surface area (Å²) in [6.45, 7) is 0.334. The molecule has 0 aliphatic rings. The zero-order chi connectivity index (χ0) is 10.1. The fourth-order valence-corrected chi connectivity index (χ4v) is 1.33. The van der Waals surface area contributed by atoms with Gasteiger partial charge in [0.15, 0.2) is 0 Å². The van der Waals surface area contributed by atoms with E-state index in [-0.39, 0.29) is 5.69 Å². The van der Waals surface area contributed by atoms with Crippen molar-refractivity contribution in [2.75, 3.05) is 0 Å². The molecule has 0 aliphatic carbocycles. The fraction of sp³-hybridized carbons (Fsp3) is 0.286. The lowest BCUT2D eigenvalue weighted by atomic mass is 10.3. The number of nitrogens with one attached hydrogen (secondary N) is 1. The van der Waals surface area contributed by atoms with E-state index in [2.05, 4.69) is 15.3 Å². The minimum Gasteiger partial charge on any atom is -0.326 e. The van der Waals surface area contributed by atoms with Gasteiger partial charge < -0.3 is 5.73 Å². The average Bonchev–Trinajstić information content (AvgIpc) is 2.72. The van der Waals surface area contributed by atoms with Gasteiger partial charge in [-0.2, -0.15) is 10.2 Å². The Morgan fingerprint density at radius 2 is 2.43 bits per heavy atom. The molecule has 2 aromatic rings. The monoisotopic (exact) mass is 194 g/mol. The molecule has 0 aromatic carbocycles. The molecule has 7 nitrogen and oxygen atoms in total. The molecule has 2 rings (SSSR count). The fourth-order valence-electron chi connectivity index (χ4n) is 1.33. The lowest BCUT2D eigenvalue weighted by Gasteiger charge is -2.02. The smallest absolute Gasteiger partial charge is 0.326 e. The summed E-state index contributed by atoms with van der Waals surface area (Å²) in [4.78, 5) is 11.3. The molecule has 0 spiro atoms. The van der Waals surface area contributed by atoms with Crippen molar-refractivity contribution in [3.63, 3.8) is 0 Å². The third kappa shape index (κ3) is 1.14. The zero-order valence-electron chi connectivity index (χ0n) is 7.64. The van der Waals surface area contributed by atoms with Gasteiger partial charge in [-0.3, -0.25) is 4.68 Å².